The van der Waals surface area contributed by atoms with Crippen molar-refractivity contribution in [2.75, 3.05) is 0 Å². The third-order valence-electron chi connectivity index (χ3n) is 2.37. The molecule has 0 radical (unpaired) electrons. The Kier molecular flexibility index (Phi) is 3.95. The van der Waals surface area contributed by atoms with Crippen molar-refractivity contribution in [3.63, 3.8) is 0 Å². The molecule has 1 aromatic heterocycles. The minimum atomic E-state index is -4.42. The summed E-state index contributed by atoms with van der Waals surface area (Å²) in [5, 5.41) is 0.621. The van der Waals surface area contributed by atoms with E-state index in [0.29, 0.717) is 11.3 Å². The molecule has 0 aliphatic heterocycles. The van der Waals surface area contributed by atoms with E-state index in [9.17, 15) is 13.2 Å². The number of pyridine rings is 1. The van der Waals surface area contributed by atoms with Crippen molar-refractivity contribution >= 4 is 34.8 Å². The topological polar surface area (TPSA) is 12.9 Å². The third-order valence-corrected chi connectivity index (χ3v) is 3.57. The standard InChI is InChI=1S/C12H5Cl3F3N/c13-8-3-6(4-9(14)11(8)15)10-2-1-7(5-19-10)12(16,17)18/h1-5H. The van der Waals surface area contributed by atoms with Crippen LogP contribution in [0.15, 0.2) is 30.5 Å². The van der Waals surface area contributed by atoms with E-state index in [2.05, 4.69) is 4.98 Å². The highest BCUT2D eigenvalue weighted by Gasteiger charge is 2.30. The summed E-state index contributed by atoms with van der Waals surface area (Å²) >= 11 is 17.5. The van der Waals surface area contributed by atoms with Crippen molar-refractivity contribution in [3.8, 4) is 11.3 Å². The summed E-state index contributed by atoms with van der Waals surface area (Å²) in [5.41, 5.74) is 0.00370. The van der Waals surface area contributed by atoms with Crippen LogP contribution in [0.25, 0.3) is 11.3 Å². The maximum Gasteiger partial charge on any atom is 0.417 e. The Morgan fingerprint density at radius 3 is 1.95 bits per heavy atom. The molecule has 0 amide bonds. The molecule has 1 aromatic carbocycles. The molecule has 100 valence electrons. The van der Waals surface area contributed by atoms with E-state index in [4.69, 9.17) is 34.8 Å². The molecular formula is C12H5Cl3F3N. The first-order valence-electron chi connectivity index (χ1n) is 4.97. The highest BCUT2D eigenvalue weighted by Crippen LogP contribution is 2.35. The minimum Gasteiger partial charge on any atom is -0.256 e. The summed E-state index contributed by atoms with van der Waals surface area (Å²) in [4.78, 5) is 3.75. The fourth-order valence-electron chi connectivity index (χ4n) is 1.44. The Morgan fingerprint density at radius 2 is 1.53 bits per heavy atom. The molecule has 1 nitrogen and oxygen atoms in total. The van der Waals surface area contributed by atoms with E-state index in [-0.39, 0.29) is 15.1 Å². The number of nitrogens with zero attached hydrogens (tertiary/aromatic N) is 1. The molecule has 0 N–H and O–H groups in total. The van der Waals surface area contributed by atoms with Gasteiger partial charge in [0.05, 0.1) is 26.3 Å². The summed E-state index contributed by atoms with van der Waals surface area (Å²) in [6.07, 6.45) is -3.66. The number of alkyl halides is 3. The van der Waals surface area contributed by atoms with Gasteiger partial charge in [-0.2, -0.15) is 13.2 Å². The van der Waals surface area contributed by atoms with Gasteiger partial charge in [0.1, 0.15) is 0 Å². The lowest BCUT2D eigenvalue weighted by molar-refractivity contribution is -0.137. The fourth-order valence-corrected chi connectivity index (χ4v) is 2.03. The summed E-state index contributed by atoms with van der Waals surface area (Å²) in [5.74, 6) is 0. The number of hydrogen-bond donors (Lipinski definition) is 0. The number of benzene rings is 1. The van der Waals surface area contributed by atoms with Crippen LogP contribution in [0.2, 0.25) is 15.1 Å². The van der Waals surface area contributed by atoms with E-state index in [0.717, 1.165) is 12.3 Å². The van der Waals surface area contributed by atoms with Gasteiger partial charge in [-0.3, -0.25) is 4.98 Å². The summed E-state index contributed by atoms with van der Waals surface area (Å²) < 4.78 is 37.2. The second-order valence-corrected chi connectivity index (χ2v) is 4.88. The Hall–Kier alpha value is -0.970. The maximum absolute atomic E-state index is 12.4. The molecule has 0 aliphatic rings. The van der Waals surface area contributed by atoms with Gasteiger partial charge in [-0.25, -0.2) is 0 Å². The third kappa shape index (κ3) is 3.14. The Labute approximate surface area is 121 Å². The molecule has 0 saturated carbocycles. The van der Waals surface area contributed by atoms with Crippen LogP contribution in [0.4, 0.5) is 13.2 Å². The highest BCUT2D eigenvalue weighted by atomic mass is 35.5. The lowest BCUT2D eigenvalue weighted by atomic mass is 10.1. The van der Waals surface area contributed by atoms with Crippen molar-refractivity contribution in [2.45, 2.75) is 6.18 Å². The molecule has 2 rings (SSSR count). The lowest BCUT2D eigenvalue weighted by Gasteiger charge is -2.08. The van der Waals surface area contributed by atoms with Crippen molar-refractivity contribution < 1.29 is 13.2 Å². The molecule has 1 heterocycles. The summed E-state index contributed by atoms with van der Waals surface area (Å²) in [6, 6.07) is 5.17. The van der Waals surface area contributed by atoms with E-state index in [1.165, 1.54) is 18.2 Å². The Morgan fingerprint density at radius 1 is 0.947 bits per heavy atom. The predicted molar refractivity (Wildman–Crippen MR) is 69.7 cm³/mol. The number of aromatic nitrogens is 1. The van der Waals surface area contributed by atoms with Gasteiger partial charge in [0, 0.05) is 11.8 Å². The van der Waals surface area contributed by atoms with Gasteiger partial charge in [0.15, 0.2) is 0 Å². The zero-order valence-electron chi connectivity index (χ0n) is 9.10. The van der Waals surface area contributed by atoms with Gasteiger partial charge in [-0.1, -0.05) is 34.8 Å². The average Bonchev–Trinajstić information content (AvgIpc) is 2.34. The highest BCUT2D eigenvalue weighted by molar-refractivity contribution is 6.48. The SMILES string of the molecule is FC(F)(F)c1ccc(-c2cc(Cl)c(Cl)c(Cl)c2)nc1. The van der Waals surface area contributed by atoms with Crippen LogP contribution in [-0.2, 0) is 6.18 Å². The van der Waals surface area contributed by atoms with E-state index < -0.39 is 11.7 Å². The number of hydrogen-bond acceptors (Lipinski definition) is 1. The van der Waals surface area contributed by atoms with Gasteiger partial charge >= 0.3 is 6.18 Å². The molecule has 0 saturated heterocycles. The van der Waals surface area contributed by atoms with Gasteiger partial charge in [-0.15, -0.1) is 0 Å². The Bertz CT molecular complexity index is 586. The zero-order valence-corrected chi connectivity index (χ0v) is 11.4. The van der Waals surface area contributed by atoms with Crippen LogP contribution in [-0.4, -0.2) is 4.98 Å². The average molecular weight is 327 g/mol. The Balaban J connectivity index is 2.43. The van der Waals surface area contributed by atoms with Crippen molar-refractivity contribution in [2.24, 2.45) is 0 Å². The molecule has 0 fully saturated rings. The summed E-state index contributed by atoms with van der Waals surface area (Å²) in [7, 11) is 0. The molecule has 2 aromatic rings. The first kappa shape index (κ1) is 14.4. The molecular weight excluding hydrogens is 321 g/mol. The van der Waals surface area contributed by atoms with E-state index >= 15 is 0 Å². The van der Waals surface area contributed by atoms with Crippen LogP contribution in [0.3, 0.4) is 0 Å². The van der Waals surface area contributed by atoms with Gasteiger partial charge in [0.25, 0.3) is 0 Å². The zero-order chi connectivity index (χ0) is 14.2. The van der Waals surface area contributed by atoms with Crippen LogP contribution in [0, 0.1) is 0 Å². The largest absolute Gasteiger partial charge is 0.417 e. The normalized spacial score (nSPS) is 11.7. The molecule has 0 spiro atoms. The van der Waals surface area contributed by atoms with E-state index in [1.807, 2.05) is 0 Å². The minimum absolute atomic E-state index is 0.194. The van der Waals surface area contributed by atoms with E-state index in [1.54, 1.807) is 0 Å². The molecule has 0 unspecified atom stereocenters. The van der Waals surface area contributed by atoms with Crippen LogP contribution >= 0.6 is 34.8 Å². The smallest absolute Gasteiger partial charge is 0.256 e. The predicted octanol–water partition coefficient (Wildman–Crippen LogP) is 5.73. The quantitative estimate of drug-likeness (QED) is 0.610. The monoisotopic (exact) mass is 325 g/mol. The van der Waals surface area contributed by atoms with Gasteiger partial charge in [-0.05, 0) is 24.3 Å². The first-order valence-corrected chi connectivity index (χ1v) is 6.10. The number of halogens is 6. The fraction of sp³-hybridized carbons (Fsp3) is 0.0833. The second kappa shape index (κ2) is 5.19. The van der Waals surface area contributed by atoms with Crippen LogP contribution in [0.5, 0.6) is 0 Å². The molecule has 0 aliphatic carbocycles. The first-order chi connectivity index (χ1) is 8.79. The molecule has 0 atom stereocenters. The van der Waals surface area contributed by atoms with Gasteiger partial charge < -0.3 is 0 Å². The molecule has 19 heavy (non-hydrogen) atoms. The second-order valence-electron chi connectivity index (χ2n) is 3.68. The summed E-state index contributed by atoms with van der Waals surface area (Å²) in [6.45, 7) is 0. The lowest BCUT2D eigenvalue weighted by Crippen LogP contribution is -2.05. The maximum atomic E-state index is 12.4. The van der Waals surface area contributed by atoms with Gasteiger partial charge in [0.2, 0.25) is 0 Å². The molecule has 0 bridgehead atoms. The van der Waals surface area contributed by atoms with Crippen LogP contribution in [0.1, 0.15) is 5.56 Å². The van der Waals surface area contributed by atoms with Crippen molar-refractivity contribution in [3.05, 3.63) is 51.1 Å². The number of rotatable bonds is 1. The van der Waals surface area contributed by atoms with Crippen molar-refractivity contribution in [1.82, 2.24) is 4.98 Å². The van der Waals surface area contributed by atoms with Crippen molar-refractivity contribution in [1.29, 1.82) is 0 Å². The molecule has 7 heteroatoms. The van der Waals surface area contributed by atoms with Crippen LogP contribution < -0.4 is 0 Å².